The second-order valence-electron chi connectivity index (χ2n) is 4.02. The first kappa shape index (κ1) is 13.1. The summed E-state index contributed by atoms with van der Waals surface area (Å²) in [6, 6.07) is 10.1. The summed E-state index contributed by atoms with van der Waals surface area (Å²) in [5, 5.41) is 18.0. The Morgan fingerprint density at radius 1 is 1.33 bits per heavy atom. The molecule has 0 amide bonds. The summed E-state index contributed by atoms with van der Waals surface area (Å²) >= 11 is 1.63. The molecule has 4 nitrogen and oxygen atoms in total. The Kier molecular flexibility index (Phi) is 4.78. The Morgan fingerprint density at radius 2 is 2.11 bits per heavy atom. The molecule has 2 rings (SSSR count). The van der Waals surface area contributed by atoms with Crippen LogP contribution in [0.15, 0.2) is 41.4 Å². The highest BCUT2D eigenvalue weighted by atomic mass is 32.2. The fourth-order valence-electron chi connectivity index (χ4n) is 1.69. The molecule has 0 aliphatic heterocycles. The highest BCUT2D eigenvalue weighted by Gasteiger charge is 2.14. The number of thioether (sulfide) groups is 1. The van der Waals surface area contributed by atoms with E-state index in [0.717, 1.165) is 23.6 Å². The third-order valence-electron chi connectivity index (χ3n) is 2.58. The van der Waals surface area contributed by atoms with Gasteiger partial charge in [0.2, 0.25) is 0 Å². The first-order valence-corrected chi connectivity index (χ1v) is 7.04. The van der Waals surface area contributed by atoms with Gasteiger partial charge < -0.3 is 5.11 Å². The van der Waals surface area contributed by atoms with Crippen molar-refractivity contribution in [2.45, 2.75) is 30.9 Å². The van der Waals surface area contributed by atoms with E-state index in [1.54, 1.807) is 22.6 Å². The van der Waals surface area contributed by atoms with Crippen LogP contribution >= 0.6 is 11.8 Å². The molecule has 1 unspecified atom stereocenters. The lowest BCUT2D eigenvalue weighted by molar-refractivity contribution is 0.191. The van der Waals surface area contributed by atoms with E-state index in [0.29, 0.717) is 5.75 Å². The summed E-state index contributed by atoms with van der Waals surface area (Å²) in [6.45, 7) is 2.87. The number of benzene rings is 1. The lowest BCUT2D eigenvalue weighted by Crippen LogP contribution is -2.10. The zero-order chi connectivity index (χ0) is 12.8. The zero-order valence-corrected chi connectivity index (χ0v) is 11.2. The highest BCUT2D eigenvalue weighted by Crippen LogP contribution is 2.23. The van der Waals surface area contributed by atoms with Crippen LogP contribution in [0, 0.1) is 0 Å². The van der Waals surface area contributed by atoms with Gasteiger partial charge in [0.15, 0.2) is 0 Å². The third kappa shape index (κ3) is 3.34. The van der Waals surface area contributed by atoms with Gasteiger partial charge in [-0.05, 0) is 18.6 Å². The van der Waals surface area contributed by atoms with Gasteiger partial charge in [0, 0.05) is 17.2 Å². The van der Waals surface area contributed by atoms with Gasteiger partial charge in [0.05, 0.1) is 11.9 Å². The summed E-state index contributed by atoms with van der Waals surface area (Å²) in [5.74, 6) is 0.612. The largest absolute Gasteiger partial charge is 0.386 e. The maximum absolute atomic E-state index is 10.2. The quantitative estimate of drug-likeness (QED) is 0.814. The van der Waals surface area contributed by atoms with E-state index in [4.69, 9.17) is 0 Å². The molecule has 5 heteroatoms. The van der Waals surface area contributed by atoms with Crippen molar-refractivity contribution < 1.29 is 5.11 Å². The molecule has 0 saturated heterocycles. The molecule has 0 radical (unpaired) electrons. The lowest BCUT2D eigenvalue weighted by Gasteiger charge is -2.11. The van der Waals surface area contributed by atoms with Crippen LogP contribution in [0.5, 0.6) is 0 Å². The Labute approximate surface area is 111 Å². The van der Waals surface area contributed by atoms with Crippen LogP contribution < -0.4 is 0 Å². The molecule has 1 atom stereocenters. The van der Waals surface area contributed by atoms with Crippen molar-refractivity contribution in [3.8, 4) is 0 Å². The number of aliphatic hydroxyl groups is 1. The molecule has 0 fully saturated rings. The summed E-state index contributed by atoms with van der Waals surface area (Å²) < 4.78 is 1.77. The topological polar surface area (TPSA) is 50.9 Å². The number of rotatable bonds is 6. The minimum Gasteiger partial charge on any atom is -0.386 e. The monoisotopic (exact) mass is 263 g/mol. The first-order chi connectivity index (χ1) is 8.81. The lowest BCUT2D eigenvalue weighted by atomic mass is 10.3. The summed E-state index contributed by atoms with van der Waals surface area (Å²) in [4.78, 5) is 1.16. The number of aromatic nitrogens is 3. The SMILES string of the molecule is CCCn1nncc1C(O)CSc1ccccc1. The second kappa shape index (κ2) is 6.56. The van der Waals surface area contributed by atoms with E-state index >= 15 is 0 Å². The van der Waals surface area contributed by atoms with Crippen molar-refractivity contribution in [2.75, 3.05) is 5.75 Å². The molecule has 1 aromatic heterocycles. The predicted molar refractivity (Wildman–Crippen MR) is 72.4 cm³/mol. The van der Waals surface area contributed by atoms with E-state index in [-0.39, 0.29) is 0 Å². The summed E-state index contributed by atoms with van der Waals surface area (Å²) in [7, 11) is 0. The Hall–Kier alpha value is -1.33. The maximum atomic E-state index is 10.2. The average molecular weight is 263 g/mol. The fourth-order valence-corrected chi connectivity index (χ4v) is 2.56. The molecule has 1 aromatic carbocycles. The van der Waals surface area contributed by atoms with Crippen LogP contribution in [0.3, 0.4) is 0 Å². The zero-order valence-electron chi connectivity index (χ0n) is 10.4. The van der Waals surface area contributed by atoms with Gasteiger partial charge in [-0.15, -0.1) is 16.9 Å². The summed E-state index contributed by atoms with van der Waals surface area (Å²) in [6.07, 6.45) is 2.10. The molecule has 2 aromatic rings. The molecule has 1 heterocycles. The van der Waals surface area contributed by atoms with Crippen molar-refractivity contribution in [1.29, 1.82) is 0 Å². The van der Waals surface area contributed by atoms with Gasteiger partial charge in [-0.1, -0.05) is 30.3 Å². The fraction of sp³-hybridized carbons (Fsp3) is 0.385. The van der Waals surface area contributed by atoms with Crippen LogP contribution in [0.2, 0.25) is 0 Å². The van der Waals surface area contributed by atoms with Crippen molar-refractivity contribution in [1.82, 2.24) is 15.0 Å². The second-order valence-corrected chi connectivity index (χ2v) is 5.12. The van der Waals surface area contributed by atoms with Gasteiger partial charge in [0.1, 0.15) is 6.10 Å². The molecule has 0 spiro atoms. The normalized spacial score (nSPS) is 12.6. The molecule has 0 saturated carbocycles. The van der Waals surface area contributed by atoms with Gasteiger partial charge >= 0.3 is 0 Å². The van der Waals surface area contributed by atoms with E-state index in [2.05, 4.69) is 17.2 Å². The molecule has 96 valence electrons. The van der Waals surface area contributed by atoms with E-state index in [1.165, 1.54) is 0 Å². The van der Waals surface area contributed by atoms with Gasteiger partial charge in [-0.25, -0.2) is 4.68 Å². The van der Waals surface area contributed by atoms with Crippen LogP contribution in [-0.4, -0.2) is 25.9 Å². The number of hydrogen-bond donors (Lipinski definition) is 1. The van der Waals surface area contributed by atoms with E-state index in [9.17, 15) is 5.11 Å². The van der Waals surface area contributed by atoms with Gasteiger partial charge in [-0.3, -0.25) is 0 Å². The molecule has 0 bridgehead atoms. The standard InChI is InChI=1S/C13H17N3OS/c1-2-8-16-12(9-14-15-16)13(17)10-18-11-6-4-3-5-7-11/h3-7,9,13,17H,2,8,10H2,1H3. The Morgan fingerprint density at radius 3 is 2.83 bits per heavy atom. The third-order valence-corrected chi connectivity index (χ3v) is 3.66. The molecule has 1 N–H and O–H groups in total. The Bertz CT molecular complexity index is 472. The highest BCUT2D eigenvalue weighted by molar-refractivity contribution is 7.99. The number of aliphatic hydroxyl groups excluding tert-OH is 1. The molecule has 18 heavy (non-hydrogen) atoms. The van der Waals surface area contributed by atoms with E-state index in [1.807, 2.05) is 30.3 Å². The first-order valence-electron chi connectivity index (χ1n) is 6.05. The number of aryl methyl sites for hydroxylation is 1. The minimum atomic E-state index is -0.531. The number of nitrogens with zero attached hydrogens (tertiary/aromatic N) is 3. The van der Waals surface area contributed by atoms with Crippen LogP contribution in [0.1, 0.15) is 25.1 Å². The summed E-state index contributed by atoms with van der Waals surface area (Å²) in [5.41, 5.74) is 0.792. The number of hydrogen-bond acceptors (Lipinski definition) is 4. The minimum absolute atomic E-state index is 0.531. The van der Waals surface area contributed by atoms with Crippen LogP contribution in [0.25, 0.3) is 0 Å². The van der Waals surface area contributed by atoms with Crippen molar-refractivity contribution in [2.24, 2.45) is 0 Å². The maximum Gasteiger partial charge on any atom is 0.107 e. The predicted octanol–water partition coefficient (Wildman–Crippen LogP) is 2.51. The molecule has 0 aliphatic carbocycles. The van der Waals surface area contributed by atoms with Crippen molar-refractivity contribution in [3.63, 3.8) is 0 Å². The van der Waals surface area contributed by atoms with Crippen LogP contribution in [-0.2, 0) is 6.54 Å². The Balaban J connectivity index is 1.95. The van der Waals surface area contributed by atoms with Gasteiger partial charge in [0.25, 0.3) is 0 Å². The average Bonchev–Trinajstić information content (AvgIpc) is 2.86. The van der Waals surface area contributed by atoms with Crippen molar-refractivity contribution in [3.05, 3.63) is 42.2 Å². The molecular weight excluding hydrogens is 246 g/mol. The molecule has 0 aliphatic rings. The van der Waals surface area contributed by atoms with E-state index < -0.39 is 6.10 Å². The van der Waals surface area contributed by atoms with Crippen LogP contribution in [0.4, 0.5) is 0 Å². The smallest absolute Gasteiger partial charge is 0.107 e. The van der Waals surface area contributed by atoms with Crippen molar-refractivity contribution >= 4 is 11.8 Å². The molecular formula is C13H17N3OS. The van der Waals surface area contributed by atoms with Gasteiger partial charge in [-0.2, -0.15) is 0 Å².